The summed E-state index contributed by atoms with van der Waals surface area (Å²) in [7, 11) is 1.98. The maximum absolute atomic E-state index is 9.44. The Morgan fingerprint density at radius 2 is 2.05 bits per heavy atom. The highest BCUT2D eigenvalue weighted by Gasteiger charge is 2.23. The summed E-state index contributed by atoms with van der Waals surface area (Å²) in [4.78, 5) is 6.61. The number of aliphatic hydroxyl groups excluding tert-OH is 1. The first kappa shape index (κ1) is 14.7. The molecule has 0 aliphatic heterocycles. The zero-order valence-corrected chi connectivity index (χ0v) is 12.2. The maximum Gasteiger partial charge on any atom is 0.145 e. The van der Waals surface area contributed by atoms with Crippen LogP contribution in [0.25, 0.3) is 10.9 Å². The smallest absolute Gasteiger partial charge is 0.145 e. The highest BCUT2D eigenvalue weighted by atomic mass is 16.3. The Bertz CT molecular complexity index is 597. The van der Waals surface area contributed by atoms with Crippen LogP contribution in [-0.2, 0) is 6.54 Å². The van der Waals surface area contributed by atoms with Crippen LogP contribution in [0.15, 0.2) is 30.3 Å². The number of benzene rings is 1. The van der Waals surface area contributed by atoms with Gasteiger partial charge in [0.05, 0.1) is 12.1 Å². The first-order valence-corrected chi connectivity index (χ1v) is 6.65. The van der Waals surface area contributed by atoms with Gasteiger partial charge in [0.25, 0.3) is 0 Å². The standard InChI is InChI=1S/C15H22N4O/c1-15(2,10-20)19(3)9-12-8-11-6-4-5-7-13(11)17-14(12)18-16/h4-8,20H,9-10,16H2,1-3H3,(H,17,18). The van der Waals surface area contributed by atoms with Crippen LogP contribution in [0.1, 0.15) is 19.4 Å². The van der Waals surface area contributed by atoms with E-state index < -0.39 is 0 Å². The van der Waals surface area contributed by atoms with Gasteiger partial charge in [-0.2, -0.15) is 0 Å². The molecule has 108 valence electrons. The molecule has 1 aromatic heterocycles. The van der Waals surface area contributed by atoms with Gasteiger partial charge < -0.3 is 10.5 Å². The second-order valence-corrected chi connectivity index (χ2v) is 5.66. The van der Waals surface area contributed by atoms with E-state index in [9.17, 15) is 5.11 Å². The number of para-hydroxylation sites is 1. The molecule has 5 heteroatoms. The van der Waals surface area contributed by atoms with E-state index in [4.69, 9.17) is 5.84 Å². The number of hydrogen-bond donors (Lipinski definition) is 3. The first-order chi connectivity index (χ1) is 9.47. The van der Waals surface area contributed by atoms with Crippen LogP contribution in [0.5, 0.6) is 0 Å². The first-order valence-electron chi connectivity index (χ1n) is 6.65. The summed E-state index contributed by atoms with van der Waals surface area (Å²) >= 11 is 0. The van der Waals surface area contributed by atoms with Crippen LogP contribution in [-0.4, -0.2) is 34.2 Å². The molecule has 0 saturated carbocycles. The molecule has 1 aromatic carbocycles. The lowest BCUT2D eigenvalue weighted by molar-refractivity contribution is 0.0735. The zero-order valence-electron chi connectivity index (χ0n) is 12.2. The number of pyridine rings is 1. The van der Waals surface area contributed by atoms with Gasteiger partial charge in [-0.05, 0) is 33.0 Å². The molecule has 0 aliphatic carbocycles. The highest BCUT2D eigenvalue weighted by Crippen LogP contribution is 2.23. The summed E-state index contributed by atoms with van der Waals surface area (Å²) in [6, 6.07) is 10.0. The fourth-order valence-electron chi connectivity index (χ4n) is 2.00. The number of hydrazine groups is 1. The number of hydrogen-bond acceptors (Lipinski definition) is 5. The molecule has 0 bridgehead atoms. The van der Waals surface area contributed by atoms with Crippen LogP contribution < -0.4 is 11.3 Å². The summed E-state index contributed by atoms with van der Waals surface area (Å²) < 4.78 is 0. The molecule has 0 atom stereocenters. The van der Waals surface area contributed by atoms with E-state index in [0.29, 0.717) is 12.4 Å². The minimum atomic E-state index is -0.294. The van der Waals surface area contributed by atoms with Crippen LogP contribution in [0, 0.1) is 0 Å². The van der Waals surface area contributed by atoms with Crippen molar-refractivity contribution in [1.29, 1.82) is 0 Å². The fourth-order valence-corrected chi connectivity index (χ4v) is 2.00. The molecule has 0 unspecified atom stereocenters. The molecule has 0 spiro atoms. The van der Waals surface area contributed by atoms with Crippen molar-refractivity contribution in [2.45, 2.75) is 25.9 Å². The Labute approximate surface area is 119 Å². The van der Waals surface area contributed by atoms with E-state index in [1.807, 2.05) is 45.2 Å². The van der Waals surface area contributed by atoms with E-state index in [1.165, 1.54) is 0 Å². The fraction of sp³-hybridized carbons (Fsp3) is 0.400. The van der Waals surface area contributed by atoms with Crippen molar-refractivity contribution in [3.05, 3.63) is 35.9 Å². The van der Waals surface area contributed by atoms with Gasteiger partial charge in [-0.3, -0.25) is 4.90 Å². The lowest BCUT2D eigenvalue weighted by Crippen LogP contribution is -2.43. The van der Waals surface area contributed by atoms with Crippen molar-refractivity contribution in [2.75, 3.05) is 19.1 Å². The van der Waals surface area contributed by atoms with Gasteiger partial charge in [0.2, 0.25) is 0 Å². The number of nitrogen functional groups attached to an aromatic ring is 1. The number of likely N-dealkylation sites (N-methyl/N-ethyl adjacent to an activating group) is 1. The average Bonchev–Trinajstić information content (AvgIpc) is 2.46. The van der Waals surface area contributed by atoms with Crippen molar-refractivity contribution >= 4 is 16.7 Å². The Morgan fingerprint density at radius 1 is 1.35 bits per heavy atom. The van der Waals surface area contributed by atoms with E-state index in [-0.39, 0.29) is 12.1 Å². The number of aliphatic hydroxyl groups is 1. The van der Waals surface area contributed by atoms with Crippen LogP contribution in [0.4, 0.5) is 5.82 Å². The number of nitrogens with zero attached hydrogens (tertiary/aromatic N) is 2. The van der Waals surface area contributed by atoms with Gasteiger partial charge in [0.1, 0.15) is 5.82 Å². The largest absolute Gasteiger partial charge is 0.394 e. The van der Waals surface area contributed by atoms with E-state index >= 15 is 0 Å². The predicted octanol–water partition coefficient (Wildman–Crippen LogP) is 1.72. The number of fused-ring (bicyclic) bond motifs is 1. The second kappa shape index (κ2) is 5.75. The third kappa shape index (κ3) is 2.90. The highest BCUT2D eigenvalue weighted by molar-refractivity contribution is 5.81. The van der Waals surface area contributed by atoms with Gasteiger partial charge in [0.15, 0.2) is 0 Å². The van der Waals surface area contributed by atoms with Crippen molar-refractivity contribution in [2.24, 2.45) is 5.84 Å². The summed E-state index contributed by atoms with van der Waals surface area (Å²) in [6.07, 6.45) is 0. The zero-order chi connectivity index (χ0) is 14.8. The molecule has 0 aliphatic rings. The Balaban J connectivity index is 2.38. The SMILES string of the molecule is CN(Cc1cc2ccccc2nc1NN)C(C)(C)CO. The van der Waals surface area contributed by atoms with Gasteiger partial charge in [0, 0.05) is 23.0 Å². The van der Waals surface area contributed by atoms with Crippen molar-refractivity contribution in [3.8, 4) is 0 Å². The molecule has 0 radical (unpaired) electrons. The molecule has 0 saturated heterocycles. The van der Waals surface area contributed by atoms with Gasteiger partial charge in [-0.1, -0.05) is 18.2 Å². The van der Waals surface area contributed by atoms with E-state index in [0.717, 1.165) is 16.5 Å². The monoisotopic (exact) mass is 274 g/mol. The molecule has 0 amide bonds. The molecular weight excluding hydrogens is 252 g/mol. The summed E-state index contributed by atoms with van der Waals surface area (Å²) in [5, 5.41) is 10.5. The maximum atomic E-state index is 9.44. The molecule has 20 heavy (non-hydrogen) atoms. The number of rotatable bonds is 5. The third-order valence-corrected chi connectivity index (χ3v) is 3.77. The van der Waals surface area contributed by atoms with Crippen molar-refractivity contribution in [1.82, 2.24) is 9.88 Å². The summed E-state index contributed by atoms with van der Waals surface area (Å²) in [6.45, 7) is 4.74. The van der Waals surface area contributed by atoms with Gasteiger partial charge >= 0.3 is 0 Å². The number of aromatic nitrogens is 1. The average molecular weight is 274 g/mol. The minimum Gasteiger partial charge on any atom is -0.394 e. The van der Waals surface area contributed by atoms with Crippen LogP contribution >= 0.6 is 0 Å². The molecule has 2 rings (SSSR count). The lowest BCUT2D eigenvalue weighted by atomic mass is 10.0. The predicted molar refractivity (Wildman–Crippen MR) is 82.2 cm³/mol. The molecule has 4 N–H and O–H groups in total. The van der Waals surface area contributed by atoms with Gasteiger partial charge in [-0.15, -0.1) is 0 Å². The number of nitrogens with two attached hydrogens (primary N) is 1. The molecule has 0 fully saturated rings. The minimum absolute atomic E-state index is 0.0932. The summed E-state index contributed by atoms with van der Waals surface area (Å²) in [5.74, 6) is 6.25. The Kier molecular flexibility index (Phi) is 4.23. The molecule has 1 heterocycles. The van der Waals surface area contributed by atoms with E-state index in [2.05, 4.69) is 21.4 Å². The molecule has 2 aromatic rings. The lowest BCUT2D eigenvalue weighted by Gasteiger charge is -2.34. The second-order valence-electron chi connectivity index (χ2n) is 5.66. The van der Waals surface area contributed by atoms with E-state index in [1.54, 1.807) is 0 Å². The Morgan fingerprint density at radius 3 is 2.70 bits per heavy atom. The van der Waals surface area contributed by atoms with Gasteiger partial charge in [-0.25, -0.2) is 10.8 Å². The van der Waals surface area contributed by atoms with Crippen LogP contribution in [0.3, 0.4) is 0 Å². The number of nitrogens with one attached hydrogen (secondary N) is 1. The Hall–Kier alpha value is -1.69. The molecule has 5 nitrogen and oxygen atoms in total. The summed E-state index contributed by atoms with van der Waals surface area (Å²) in [5.41, 5.74) is 4.29. The van der Waals surface area contributed by atoms with Crippen molar-refractivity contribution in [3.63, 3.8) is 0 Å². The van der Waals surface area contributed by atoms with Crippen LogP contribution in [0.2, 0.25) is 0 Å². The molecular formula is C15H22N4O. The van der Waals surface area contributed by atoms with Crippen molar-refractivity contribution < 1.29 is 5.11 Å². The topological polar surface area (TPSA) is 74.4 Å². The quantitative estimate of drug-likeness (QED) is 0.572. The third-order valence-electron chi connectivity index (χ3n) is 3.77. The normalized spacial score (nSPS) is 12.1. The number of anilines is 1.